The minimum Gasteiger partial charge on any atom is -0.495 e. The fraction of sp³-hybridized carbons (Fsp3) is 0.105. The number of anilines is 3. The number of benzene rings is 2. The molecule has 3 rings (SSSR count). The minimum atomic E-state index is -0.333. The van der Waals surface area contributed by atoms with Crippen LogP contribution in [0.4, 0.5) is 17.3 Å². The Hall–Kier alpha value is -3.12. The van der Waals surface area contributed by atoms with Gasteiger partial charge in [-0.25, -0.2) is 9.97 Å². The Morgan fingerprint density at radius 2 is 1.81 bits per heavy atom. The first-order valence-corrected chi connectivity index (χ1v) is 8.25. The maximum Gasteiger partial charge on any atom is 0.274 e. The molecule has 0 saturated heterocycles. The molecule has 0 radical (unpaired) electrons. The first-order chi connectivity index (χ1) is 12.5. The number of methoxy groups -OCH3 is 1. The molecule has 2 aromatic carbocycles. The highest BCUT2D eigenvalue weighted by Gasteiger charge is 2.12. The van der Waals surface area contributed by atoms with Gasteiger partial charge in [0.25, 0.3) is 5.91 Å². The summed E-state index contributed by atoms with van der Waals surface area (Å²) in [5, 5.41) is 6.47. The molecule has 3 aromatic rings. The van der Waals surface area contributed by atoms with Crippen molar-refractivity contribution in [3.8, 4) is 5.75 Å². The van der Waals surface area contributed by atoms with Gasteiger partial charge in [0.2, 0.25) is 5.95 Å². The van der Waals surface area contributed by atoms with E-state index in [4.69, 9.17) is 16.3 Å². The molecular formula is C19H17ClN4O2. The normalized spacial score (nSPS) is 10.3. The van der Waals surface area contributed by atoms with Crippen LogP contribution in [0.15, 0.2) is 54.6 Å². The molecule has 0 spiro atoms. The second-order valence-electron chi connectivity index (χ2n) is 5.50. The van der Waals surface area contributed by atoms with Crippen LogP contribution in [0, 0.1) is 6.92 Å². The van der Waals surface area contributed by atoms with E-state index in [0.29, 0.717) is 33.8 Å². The van der Waals surface area contributed by atoms with E-state index in [-0.39, 0.29) is 11.6 Å². The van der Waals surface area contributed by atoms with Gasteiger partial charge in [0.15, 0.2) is 0 Å². The van der Waals surface area contributed by atoms with Gasteiger partial charge in [-0.05, 0) is 49.4 Å². The predicted molar refractivity (Wildman–Crippen MR) is 102 cm³/mol. The number of halogens is 1. The number of aromatic nitrogens is 2. The molecule has 0 unspecified atom stereocenters. The van der Waals surface area contributed by atoms with Crippen molar-refractivity contribution >= 4 is 34.8 Å². The molecule has 0 saturated carbocycles. The minimum absolute atomic E-state index is 0.254. The van der Waals surface area contributed by atoms with Gasteiger partial charge in [0, 0.05) is 16.4 Å². The monoisotopic (exact) mass is 368 g/mol. The van der Waals surface area contributed by atoms with Crippen molar-refractivity contribution in [2.24, 2.45) is 0 Å². The van der Waals surface area contributed by atoms with E-state index < -0.39 is 0 Å². The van der Waals surface area contributed by atoms with Crippen molar-refractivity contribution < 1.29 is 9.53 Å². The maximum atomic E-state index is 12.5. The average Bonchev–Trinajstić information content (AvgIpc) is 2.63. The summed E-state index contributed by atoms with van der Waals surface area (Å²) in [5.41, 5.74) is 2.27. The molecule has 0 aliphatic rings. The summed E-state index contributed by atoms with van der Waals surface area (Å²) in [4.78, 5) is 21.1. The van der Waals surface area contributed by atoms with Gasteiger partial charge in [-0.15, -0.1) is 0 Å². The molecule has 0 aliphatic carbocycles. The summed E-state index contributed by atoms with van der Waals surface area (Å²) in [6.07, 6.45) is 0. The maximum absolute atomic E-state index is 12.5. The first kappa shape index (κ1) is 17.7. The zero-order valence-electron chi connectivity index (χ0n) is 14.3. The lowest BCUT2D eigenvalue weighted by Gasteiger charge is -2.11. The summed E-state index contributed by atoms with van der Waals surface area (Å²) in [5.74, 6) is 0.640. The van der Waals surface area contributed by atoms with E-state index in [9.17, 15) is 4.79 Å². The number of carbonyl (C=O) groups is 1. The lowest BCUT2D eigenvalue weighted by atomic mass is 10.2. The third-order valence-corrected chi connectivity index (χ3v) is 3.79. The SMILES string of the molecule is COc1ccccc1Nc1nc(C)cc(C(=O)Nc2ccc(Cl)cc2)n1. The summed E-state index contributed by atoms with van der Waals surface area (Å²) in [7, 11) is 1.59. The van der Waals surface area contributed by atoms with Gasteiger partial charge >= 0.3 is 0 Å². The Morgan fingerprint density at radius 1 is 1.08 bits per heavy atom. The highest BCUT2D eigenvalue weighted by Crippen LogP contribution is 2.25. The Morgan fingerprint density at radius 3 is 2.54 bits per heavy atom. The number of amides is 1. The number of aryl methyl sites for hydroxylation is 1. The summed E-state index contributed by atoms with van der Waals surface area (Å²) in [6.45, 7) is 1.80. The molecule has 1 heterocycles. The van der Waals surface area contributed by atoms with Crippen molar-refractivity contribution in [3.05, 3.63) is 71.0 Å². The Bertz CT molecular complexity index is 929. The highest BCUT2D eigenvalue weighted by molar-refractivity contribution is 6.30. The molecular weight excluding hydrogens is 352 g/mol. The Kier molecular flexibility index (Phi) is 5.34. The molecule has 132 valence electrons. The number of hydrogen-bond acceptors (Lipinski definition) is 5. The van der Waals surface area contributed by atoms with Crippen LogP contribution >= 0.6 is 11.6 Å². The van der Waals surface area contributed by atoms with Crippen molar-refractivity contribution in [2.75, 3.05) is 17.7 Å². The Labute approximate surface area is 156 Å². The van der Waals surface area contributed by atoms with Gasteiger partial charge in [0.1, 0.15) is 11.4 Å². The standard InChI is InChI=1S/C19H17ClN4O2/c1-12-11-16(18(25)22-14-9-7-13(20)8-10-14)24-19(21-12)23-15-5-3-4-6-17(15)26-2/h3-11H,1-2H3,(H,22,25)(H,21,23,24). The third kappa shape index (κ3) is 4.29. The summed E-state index contributed by atoms with van der Waals surface area (Å²) < 4.78 is 5.31. The molecule has 26 heavy (non-hydrogen) atoms. The van der Waals surface area contributed by atoms with Crippen LogP contribution in [-0.4, -0.2) is 23.0 Å². The average molecular weight is 369 g/mol. The number of para-hydroxylation sites is 2. The van der Waals surface area contributed by atoms with E-state index in [0.717, 1.165) is 0 Å². The largest absolute Gasteiger partial charge is 0.495 e. The van der Waals surface area contributed by atoms with Crippen LogP contribution in [0.3, 0.4) is 0 Å². The number of hydrogen-bond donors (Lipinski definition) is 2. The van der Waals surface area contributed by atoms with E-state index in [2.05, 4.69) is 20.6 Å². The summed E-state index contributed by atoms with van der Waals surface area (Å²) >= 11 is 5.86. The van der Waals surface area contributed by atoms with Gasteiger partial charge in [-0.3, -0.25) is 4.79 Å². The number of ether oxygens (including phenoxy) is 1. The molecule has 1 amide bonds. The first-order valence-electron chi connectivity index (χ1n) is 7.88. The molecule has 1 aromatic heterocycles. The van der Waals surface area contributed by atoms with Crippen molar-refractivity contribution in [1.29, 1.82) is 0 Å². The zero-order chi connectivity index (χ0) is 18.5. The quantitative estimate of drug-likeness (QED) is 0.696. The van der Waals surface area contributed by atoms with E-state index in [1.54, 1.807) is 44.4 Å². The van der Waals surface area contributed by atoms with E-state index in [1.165, 1.54) is 0 Å². The fourth-order valence-corrected chi connectivity index (χ4v) is 2.46. The van der Waals surface area contributed by atoms with Crippen LogP contribution in [-0.2, 0) is 0 Å². The van der Waals surface area contributed by atoms with Crippen LogP contribution in [0.5, 0.6) is 5.75 Å². The Balaban J connectivity index is 1.82. The fourth-order valence-electron chi connectivity index (χ4n) is 2.34. The molecule has 7 heteroatoms. The van der Waals surface area contributed by atoms with Crippen molar-refractivity contribution in [2.45, 2.75) is 6.92 Å². The number of nitrogens with one attached hydrogen (secondary N) is 2. The molecule has 2 N–H and O–H groups in total. The van der Waals surface area contributed by atoms with Crippen molar-refractivity contribution in [3.63, 3.8) is 0 Å². The second-order valence-corrected chi connectivity index (χ2v) is 5.94. The predicted octanol–water partition coefficient (Wildman–Crippen LogP) is 4.44. The third-order valence-electron chi connectivity index (χ3n) is 3.54. The second kappa shape index (κ2) is 7.84. The number of nitrogens with zero attached hydrogens (tertiary/aromatic N) is 2. The van der Waals surface area contributed by atoms with Crippen LogP contribution in [0.2, 0.25) is 5.02 Å². The lowest BCUT2D eigenvalue weighted by molar-refractivity contribution is 0.102. The summed E-state index contributed by atoms with van der Waals surface area (Å²) in [6, 6.07) is 15.9. The van der Waals surface area contributed by atoms with Crippen LogP contribution in [0.1, 0.15) is 16.2 Å². The molecule has 0 bridgehead atoms. The lowest BCUT2D eigenvalue weighted by Crippen LogP contribution is -2.15. The van der Waals surface area contributed by atoms with Crippen LogP contribution in [0.25, 0.3) is 0 Å². The number of carbonyl (C=O) groups excluding carboxylic acids is 1. The zero-order valence-corrected chi connectivity index (χ0v) is 15.0. The van der Waals surface area contributed by atoms with Gasteiger partial charge < -0.3 is 15.4 Å². The highest BCUT2D eigenvalue weighted by atomic mass is 35.5. The molecule has 0 atom stereocenters. The van der Waals surface area contributed by atoms with Crippen LogP contribution < -0.4 is 15.4 Å². The molecule has 0 aliphatic heterocycles. The smallest absolute Gasteiger partial charge is 0.274 e. The van der Waals surface area contributed by atoms with Gasteiger partial charge in [0.05, 0.1) is 12.8 Å². The van der Waals surface area contributed by atoms with Gasteiger partial charge in [-0.2, -0.15) is 0 Å². The van der Waals surface area contributed by atoms with E-state index >= 15 is 0 Å². The van der Waals surface area contributed by atoms with E-state index in [1.807, 2.05) is 24.3 Å². The molecule has 0 fully saturated rings. The van der Waals surface area contributed by atoms with Crippen molar-refractivity contribution in [1.82, 2.24) is 9.97 Å². The topological polar surface area (TPSA) is 76.1 Å². The van der Waals surface area contributed by atoms with Gasteiger partial charge in [-0.1, -0.05) is 23.7 Å². The molecule has 6 nitrogen and oxygen atoms in total. The number of rotatable bonds is 5.